The molecule has 9 heteroatoms. The van der Waals surface area contributed by atoms with Gasteiger partial charge in [-0.25, -0.2) is 0 Å². The van der Waals surface area contributed by atoms with E-state index in [-0.39, 0.29) is 24.3 Å². The zero-order valence-electron chi connectivity index (χ0n) is 27.2. The van der Waals surface area contributed by atoms with Gasteiger partial charge < -0.3 is 29.4 Å². The molecule has 3 amide bonds. The van der Waals surface area contributed by atoms with E-state index in [0.29, 0.717) is 38.9 Å². The summed E-state index contributed by atoms with van der Waals surface area (Å²) >= 11 is 0. The fourth-order valence-corrected chi connectivity index (χ4v) is 8.07. The summed E-state index contributed by atoms with van der Waals surface area (Å²) in [4.78, 5) is 51.6. The van der Waals surface area contributed by atoms with Crippen molar-refractivity contribution in [3.05, 3.63) is 78.9 Å². The highest BCUT2D eigenvalue weighted by Crippen LogP contribution is 2.58. The fraction of sp³-hybridized carbons (Fsp3) is 0.486. The number of benzene rings is 2. The number of unbranched alkanes of at least 4 members (excludes halogenated alkanes) is 2. The minimum absolute atomic E-state index is 0.0727. The summed E-state index contributed by atoms with van der Waals surface area (Å²) in [5.74, 6) is -2.25. The Hall–Kier alpha value is -3.95. The molecule has 4 aliphatic heterocycles. The first-order valence-electron chi connectivity index (χ1n) is 16.9. The van der Waals surface area contributed by atoms with E-state index in [9.17, 15) is 19.5 Å². The van der Waals surface area contributed by atoms with Crippen molar-refractivity contribution in [2.45, 2.75) is 63.7 Å². The van der Waals surface area contributed by atoms with Crippen molar-refractivity contribution in [3.8, 4) is 0 Å². The van der Waals surface area contributed by atoms with Crippen LogP contribution in [-0.4, -0.2) is 84.3 Å². The Morgan fingerprint density at radius 1 is 0.783 bits per heavy atom. The van der Waals surface area contributed by atoms with Gasteiger partial charge in [-0.1, -0.05) is 49.4 Å². The maximum absolute atomic E-state index is 14.8. The average molecular weight is 627 g/mol. The van der Waals surface area contributed by atoms with E-state index in [0.717, 1.165) is 36.6 Å². The van der Waals surface area contributed by atoms with Crippen LogP contribution in [0.1, 0.15) is 46.5 Å². The predicted molar refractivity (Wildman–Crippen MR) is 180 cm³/mol. The number of ether oxygens (including phenoxy) is 1. The summed E-state index contributed by atoms with van der Waals surface area (Å²) in [6.07, 6.45) is 10.2. The number of likely N-dealkylation sites (tertiary alicyclic amines) is 1. The molecule has 2 fully saturated rings. The quantitative estimate of drug-likeness (QED) is 0.291. The SMILES string of the molecule is CCN(CC)c1ccc(N2CC=C[C@]34O[C@]5(CC)C=CCN(c6ccccc6)C(=O)[C@@H]5[C@H]3C(=O)N(CCCCCO)C4C2=O)cc1. The first kappa shape index (κ1) is 32.0. The van der Waals surface area contributed by atoms with Crippen LogP contribution in [0.5, 0.6) is 0 Å². The smallest absolute Gasteiger partial charge is 0.253 e. The lowest BCUT2D eigenvalue weighted by molar-refractivity contribution is -0.145. The Morgan fingerprint density at radius 3 is 2.09 bits per heavy atom. The Morgan fingerprint density at radius 2 is 1.43 bits per heavy atom. The predicted octanol–water partition coefficient (Wildman–Crippen LogP) is 4.56. The number of carbonyl (C=O) groups is 3. The van der Waals surface area contributed by atoms with Crippen molar-refractivity contribution >= 4 is 34.8 Å². The summed E-state index contributed by atoms with van der Waals surface area (Å²) in [6.45, 7) is 9.10. The van der Waals surface area contributed by atoms with Crippen molar-refractivity contribution in [1.29, 1.82) is 0 Å². The number of hydrogen-bond acceptors (Lipinski definition) is 6. The van der Waals surface area contributed by atoms with Gasteiger partial charge in [0.1, 0.15) is 11.6 Å². The molecule has 1 N–H and O–H groups in total. The molecular formula is C37H46N4O5. The molecule has 6 rings (SSSR count). The highest BCUT2D eigenvalue weighted by Gasteiger charge is 2.75. The molecule has 46 heavy (non-hydrogen) atoms. The summed E-state index contributed by atoms with van der Waals surface area (Å²) < 4.78 is 7.12. The molecule has 244 valence electrons. The Bertz CT molecular complexity index is 1490. The standard InChI is InChI=1S/C37H46N4O5/c1-4-36-21-13-24-39(28-15-9-7-10-16-28)33(43)30(36)31-34(44)41(23-11-8-12-26-42)32-35(45)40(25-14-22-37(31,32)46-36)29-19-17-27(18-20-29)38(5-2)6-3/h7,9-10,13-22,30-32,42H,4-6,8,11-12,23-26H2,1-3H3/t30-,31-,32?,36+,37-/m0/s1. The molecule has 0 aliphatic carbocycles. The van der Waals surface area contributed by atoms with Crippen molar-refractivity contribution in [3.63, 3.8) is 0 Å². The molecule has 5 atom stereocenters. The van der Waals surface area contributed by atoms with E-state index < -0.39 is 29.1 Å². The zero-order chi connectivity index (χ0) is 32.5. The summed E-state index contributed by atoms with van der Waals surface area (Å²) in [5.41, 5.74) is 0.263. The van der Waals surface area contributed by atoms with Crippen LogP contribution in [0, 0.1) is 11.8 Å². The number of anilines is 3. The third-order valence-electron chi connectivity index (χ3n) is 10.4. The van der Waals surface area contributed by atoms with Crippen molar-refractivity contribution < 1.29 is 24.2 Å². The van der Waals surface area contributed by atoms with Crippen LogP contribution in [0.4, 0.5) is 17.1 Å². The van der Waals surface area contributed by atoms with E-state index in [4.69, 9.17) is 4.74 Å². The molecule has 0 bridgehead atoms. The van der Waals surface area contributed by atoms with Crippen LogP contribution < -0.4 is 14.7 Å². The molecule has 2 aromatic carbocycles. The normalized spacial score (nSPS) is 28.7. The number of nitrogens with zero attached hydrogens (tertiary/aromatic N) is 4. The molecule has 0 saturated carbocycles. The second-order valence-electron chi connectivity index (χ2n) is 12.7. The first-order valence-corrected chi connectivity index (χ1v) is 16.9. The number of carbonyl (C=O) groups excluding carboxylic acids is 3. The maximum atomic E-state index is 14.8. The molecule has 9 nitrogen and oxygen atoms in total. The molecule has 2 aromatic rings. The molecule has 1 unspecified atom stereocenters. The summed E-state index contributed by atoms with van der Waals surface area (Å²) in [7, 11) is 0. The van der Waals surface area contributed by atoms with Crippen LogP contribution in [0.2, 0.25) is 0 Å². The molecule has 0 aromatic heterocycles. The summed E-state index contributed by atoms with van der Waals surface area (Å²) in [5, 5.41) is 9.39. The lowest BCUT2D eigenvalue weighted by Gasteiger charge is -2.38. The Kier molecular flexibility index (Phi) is 9.08. The van der Waals surface area contributed by atoms with Gasteiger partial charge in [0.05, 0.1) is 17.4 Å². The van der Waals surface area contributed by atoms with Gasteiger partial charge in [-0.05, 0) is 75.9 Å². The average Bonchev–Trinajstić information content (AvgIpc) is 3.36. The molecular weight excluding hydrogens is 580 g/mol. The van der Waals surface area contributed by atoms with Crippen LogP contribution in [0.15, 0.2) is 78.9 Å². The zero-order valence-corrected chi connectivity index (χ0v) is 27.2. The maximum Gasteiger partial charge on any atom is 0.253 e. The van der Waals surface area contributed by atoms with Gasteiger partial charge >= 0.3 is 0 Å². The van der Waals surface area contributed by atoms with Crippen LogP contribution in [0.3, 0.4) is 0 Å². The largest absolute Gasteiger partial charge is 0.396 e. The highest BCUT2D eigenvalue weighted by molar-refractivity contribution is 6.07. The topological polar surface area (TPSA) is 93.6 Å². The van der Waals surface area contributed by atoms with Crippen LogP contribution in [-0.2, 0) is 19.1 Å². The molecule has 4 aliphatic rings. The number of para-hydroxylation sites is 1. The van der Waals surface area contributed by atoms with E-state index >= 15 is 0 Å². The van der Waals surface area contributed by atoms with Crippen molar-refractivity contribution in [1.82, 2.24) is 4.90 Å². The lowest BCUT2D eigenvalue weighted by Crippen LogP contribution is -2.56. The van der Waals surface area contributed by atoms with Gasteiger partial charge in [0.15, 0.2) is 0 Å². The highest BCUT2D eigenvalue weighted by atomic mass is 16.5. The van der Waals surface area contributed by atoms with Gasteiger partial charge in [-0.15, -0.1) is 0 Å². The molecule has 1 spiro atoms. The lowest BCUT2D eigenvalue weighted by atomic mass is 9.73. The minimum Gasteiger partial charge on any atom is -0.396 e. The molecule has 0 radical (unpaired) electrons. The van der Waals surface area contributed by atoms with Gasteiger partial charge in [-0.2, -0.15) is 0 Å². The number of rotatable bonds is 11. The van der Waals surface area contributed by atoms with E-state index in [1.54, 1.807) is 14.7 Å². The van der Waals surface area contributed by atoms with Gasteiger partial charge in [-0.3, -0.25) is 14.4 Å². The number of aliphatic hydroxyl groups is 1. The van der Waals surface area contributed by atoms with E-state index in [2.05, 4.69) is 18.7 Å². The molecule has 4 heterocycles. The van der Waals surface area contributed by atoms with Gasteiger partial charge in [0.25, 0.3) is 5.91 Å². The number of fused-ring (bicyclic) bond motifs is 2. The third-order valence-corrected chi connectivity index (χ3v) is 10.4. The van der Waals surface area contributed by atoms with E-state index in [1.165, 1.54) is 0 Å². The van der Waals surface area contributed by atoms with Crippen LogP contribution in [0.25, 0.3) is 0 Å². The Labute approximate surface area is 272 Å². The van der Waals surface area contributed by atoms with Crippen molar-refractivity contribution in [2.24, 2.45) is 11.8 Å². The van der Waals surface area contributed by atoms with Gasteiger partial charge in [0.2, 0.25) is 11.8 Å². The number of amides is 3. The van der Waals surface area contributed by atoms with Gasteiger partial charge in [0, 0.05) is 56.4 Å². The fourth-order valence-electron chi connectivity index (χ4n) is 8.07. The second-order valence-corrected chi connectivity index (χ2v) is 12.7. The third kappa shape index (κ3) is 5.14. The van der Waals surface area contributed by atoms with E-state index in [1.807, 2.05) is 85.8 Å². The Balaban J connectivity index is 1.42. The molecule has 2 saturated heterocycles. The number of aliphatic hydroxyl groups excluding tert-OH is 1. The summed E-state index contributed by atoms with van der Waals surface area (Å²) in [6, 6.07) is 16.6. The monoisotopic (exact) mass is 626 g/mol. The first-order chi connectivity index (χ1) is 22.4. The van der Waals surface area contributed by atoms with Crippen LogP contribution >= 0.6 is 0 Å². The number of hydrogen-bond donors (Lipinski definition) is 1. The van der Waals surface area contributed by atoms with Crippen molar-refractivity contribution in [2.75, 3.05) is 54.0 Å². The second kappa shape index (κ2) is 13.0. The minimum atomic E-state index is -1.30.